The van der Waals surface area contributed by atoms with E-state index in [1.165, 1.54) is 0 Å². The first kappa shape index (κ1) is 13.4. The van der Waals surface area contributed by atoms with Gasteiger partial charge in [-0.05, 0) is 25.1 Å². The van der Waals surface area contributed by atoms with Crippen molar-refractivity contribution in [3.63, 3.8) is 0 Å². The maximum absolute atomic E-state index is 8.69. The molecule has 0 saturated carbocycles. The second-order valence-corrected chi connectivity index (χ2v) is 3.08. The van der Waals surface area contributed by atoms with Gasteiger partial charge in [-0.1, -0.05) is 11.8 Å². The SMILES string of the molecule is CCOCOc1ccc(OC)cc1C#CCO. The lowest BCUT2D eigenvalue weighted by Crippen LogP contribution is -2.03. The Kier molecular flexibility index (Phi) is 5.94. The fraction of sp³-hybridized carbons (Fsp3) is 0.385. The standard InChI is InChI=1S/C13H16O4/c1-3-16-10-17-13-7-6-12(15-2)9-11(13)5-4-8-14/h6-7,9,14H,3,8,10H2,1-2H3. The van der Waals surface area contributed by atoms with Gasteiger partial charge in [0.05, 0.1) is 12.7 Å². The van der Waals surface area contributed by atoms with E-state index >= 15 is 0 Å². The van der Waals surface area contributed by atoms with Gasteiger partial charge in [0.15, 0.2) is 6.79 Å². The number of hydrogen-bond acceptors (Lipinski definition) is 4. The van der Waals surface area contributed by atoms with Crippen molar-refractivity contribution < 1.29 is 19.3 Å². The van der Waals surface area contributed by atoms with Crippen LogP contribution in [-0.4, -0.2) is 32.2 Å². The Morgan fingerprint density at radius 1 is 1.35 bits per heavy atom. The average molecular weight is 236 g/mol. The molecule has 0 fully saturated rings. The van der Waals surface area contributed by atoms with E-state index in [1.54, 1.807) is 25.3 Å². The van der Waals surface area contributed by atoms with Gasteiger partial charge >= 0.3 is 0 Å². The molecule has 4 heteroatoms. The topological polar surface area (TPSA) is 47.9 Å². The van der Waals surface area contributed by atoms with Crippen LogP contribution in [0, 0.1) is 11.8 Å². The Morgan fingerprint density at radius 2 is 2.18 bits per heavy atom. The van der Waals surface area contributed by atoms with Crippen molar-refractivity contribution in [3.8, 4) is 23.3 Å². The van der Waals surface area contributed by atoms with Crippen LogP contribution in [0.15, 0.2) is 18.2 Å². The number of hydrogen-bond donors (Lipinski definition) is 1. The zero-order valence-corrected chi connectivity index (χ0v) is 10.0. The minimum Gasteiger partial charge on any atom is -0.497 e. The predicted molar refractivity (Wildman–Crippen MR) is 64.1 cm³/mol. The summed E-state index contributed by atoms with van der Waals surface area (Å²) in [5.74, 6) is 6.68. The smallest absolute Gasteiger partial charge is 0.189 e. The van der Waals surface area contributed by atoms with E-state index in [4.69, 9.17) is 19.3 Å². The fourth-order valence-electron chi connectivity index (χ4n) is 1.18. The summed E-state index contributed by atoms with van der Waals surface area (Å²) in [5.41, 5.74) is 0.665. The van der Waals surface area contributed by atoms with Gasteiger partial charge in [-0.15, -0.1) is 0 Å². The monoisotopic (exact) mass is 236 g/mol. The highest BCUT2D eigenvalue weighted by molar-refractivity contribution is 5.50. The molecule has 0 atom stereocenters. The summed E-state index contributed by atoms with van der Waals surface area (Å²) in [6, 6.07) is 5.30. The average Bonchev–Trinajstić information content (AvgIpc) is 2.37. The van der Waals surface area contributed by atoms with E-state index in [0.29, 0.717) is 23.7 Å². The summed E-state index contributed by atoms with van der Waals surface area (Å²) >= 11 is 0. The molecule has 0 aliphatic carbocycles. The number of rotatable bonds is 5. The van der Waals surface area contributed by atoms with E-state index in [2.05, 4.69) is 11.8 Å². The molecule has 4 nitrogen and oxygen atoms in total. The molecule has 0 bridgehead atoms. The molecule has 0 unspecified atom stereocenters. The zero-order valence-electron chi connectivity index (χ0n) is 10.0. The molecule has 0 spiro atoms. The highest BCUT2D eigenvalue weighted by atomic mass is 16.7. The molecule has 1 aromatic carbocycles. The van der Waals surface area contributed by atoms with E-state index in [-0.39, 0.29) is 13.4 Å². The number of ether oxygens (including phenoxy) is 3. The van der Waals surface area contributed by atoms with Gasteiger partial charge in [-0.2, -0.15) is 0 Å². The Morgan fingerprint density at radius 3 is 2.82 bits per heavy atom. The third kappa shape index (κ3) is 4.35. The summed E-state index contributed by atoms with van der Waals surface area (Å²) in [6.07, 6.45) is 0. The Hall–Kier alpha value is -1.70. The molecule has 0 aliphatic rings. The van der Waals surface area contributed by atoms with Gasteiger partial charge in [0.2, 0.25) is 0 Å². The third-order valence-corrected chi connectivity index (χ3v) is 1.99. The van der Waals surface area contributed by atoms with Gasteiger partial charge in [-0.3, -0.25) is 0 Å². The molecule has 17 heavy (non-hydrogen) atoms. The van der Waals surface area contributed by atoms with Crippen LogP contribution in [-0.2, 0) is 4.74 Å². The van der Waals surface area contributed by atoms with Crippen LogP contribution in [0.1, 0.15) is 12.5 Å². The molecule has 0 aromatic heterocycles. The number of methoxy groups -OCH3 is 1. The first-order valence-electron chi connectivity index (χ1n) is 5.30. The Bertz CT molecular complexity index is 404. The zero-order chi connectivity index (χ0) is 12.5. The van der Waals surface area contributed by atoms with Crippen LogP contribution < -0.4 is 9.47 Å². The summed E-state index contributed by atoms with van der Waals surface area (Å²) in [6.45, 7) is 2.47. The highest BCUT2D eigenvalue weighted by Gasteiger charge is 2.03. The van der Waals surface area contributed by atoms with Crippen LogP contribution in [0.25, 0.3) is 0 Å². The summed E-state index contributed by atoms with van der Waals surface area (Å²) < 4.78 is 15.6. The molecule has 0 aliphatic heterocycles. The quantitative estimate of drug-likeness (QED) is 0.477. The van der Waals surface area contributed by atoms with Crippen molar-refractivity contribution in [1.82, 2.24) is 0 Å². The second kappa shape index (κ2) is 7.55. The third-order valence-electron chi connectivity index (χ3n) is 1.99. The van der Waals surface area contributed by atoms with Crippen LogP contribution in [0.5, 0.6) is 11.5 Å². The van der Waals surface area contributed by atoms with E-state index in [0.717, 1.165) is 0 Å². The molecule has 92 valence electrons. The molecule has 0 amide bonds. The summed E-state index contributed by atoms with van der Waals surface area (Å²) in [4.78, 5) is 0. The van der Waals surface area contributed by atoms with Gasteiger partial charge in [0, 0.05) is 6.61 Å². The van der Waals surface area contributed by atoms with Crippen molar-refractivity contribution in [2.24, 2.45) is 0 Å². The molecule has 0 radical (unpaired) electrons. The molecule has 0 saturated heterocycles. The van der Waals surface area contributed by atoms with Crippen LogP contribution in [0.2, 0.25) is 0 Å². The minimum atomic E-state index is -0.192. The second-order valence-electron chi connectivity index (χ2n) is 3.08. The molecule has 1 N–H and O–H groups in total. The maximum Gasteiger partial charge on any atom is 0.189 e. The van der Waals surface area contributed by atoms with Gasteiger partial charge < -0.3 is 19.3 Å². The lowest BCUT2D eigenvalue weighted by molar-refractivity contribution is 0.0222. The predicted octanol–water partition coefficient (Wildman–Crippen LogP) is 1.41. The first-order valence-corrected chi connectivity index (χ1v) is 5.30. The fourth-order valence-corrected chi connectivity index (χ4v) is 1.18. The van der Waals surface area contributed by atoms with Crippen molar-refractivity contribution in [2.45, 2.75) is 6.92 Å². The van der Waals surface area contributed by atoms with Crippen molar-refractivity contribution in [3.05, 3.63) is 23.8 Å². The van der Waals surface area contributed by atoms with Crippen molar-refractivity contribution in [1.29, 1.82) is 0 Å². The largest absolute Gasteiger partial charge is 0.497 e. The molecular formula is C13H16O4. The summed E-state index contributed by atoms with van der Waals surface area (Å²) in [5, 5.41) is 8.69. The van der Waals surface area contributed by atoms with Gasteiger partial charge in [0.1, 0.15) is 18.1 Å². The Labute approximate surface area is 101 Å². The molecule has 1 aromatic rings. The van der Waals surface area contributed by atoms with Crippen LogP contribution in [0.4, 0.5) is 0 Å². The number of benzene rings is 1. The highest BCUT2D eigenvalue weighted by Crippen LogP contribution is 2.23. The first-order chi connectivity index (χ1) is 8.31. The van der Waals surface area contributed by atoms with Gasteiger partial charge in [-0.25, -0.2) is 0 Å². The van der Waals surface area contributed by atoms with E-state index in [9.17, 15) is 0 Å². The van der Waals surface area contributed by atoms with Crippen LogP contribution in [0.3, 0.4) is 0 Å². The van der Waals surface area contributed by atoms with E-state index < -0.39 is 0 Å². The molecule has 1 rings (SSSR count). The Balaban J connectivity index is 2.86. The van der Waals surface area contributed by atoms with Crippen molar-refractivity contribution in [2.75, 3.05) is 27.1 Å². The maximum atomic E-state index is 8.69. The van der Waals surface area contributed by atoms with Gasteiger partial charge in [0.25, 0.3) is 0 Å². The number of aliphatic hydroxyl groups excluding tert-OH is 1. The minimum absolute atomic E-state index is 0.177. The van der Waals surface area contributed by atoms with Crippen LogP contribution >= 0.6 is 0 Å². The normalized spacial score (nSPS) is 9.35. The van der Waals surface area contributed by atoms with E-state index in [1.807, 2.05) is 6.92 Å². The lowest BCUT2D eigenvalue weighted by Gasteiger charge is -2.09. The summed E-state index contributed by atoms with van der Waals surface area (Å²) in [7, 11) is 1.58. The molecule has 0 heterocycles. The number of aliphatic hydroxyl groups is 1. The lowest BCUT2D eigenvalue weighted by atomic mass is 10.2. The van der Waals surface area contributed by atoms with Crippen molar-refractivity contribution >= 4 is 0 Å². The molecular weight excluding hydrogens is 220 g/mol.